The lowest BCUT2D eigenvalue weighted by Crippen LogP contribution is -2.50. The fourth-order valence-corrected chi connectivity index (χ4v) is 2.07. The lowest BCUT2D eigenvalue weighted by atomic mass is 10.0. The second-order valence-electron chi connectivity index (χ2n) is 5.35. The van der Waals surface area contributed by atoms with Gasteiger partial charge in [-0.15, -0.1) is 0 Å². The summed E-state index contributed by atoms with van der Waals surface area (Å²) in [6.45, 7) is 3.67. The van der Waals surface area contributed by atoms with Crippen LogP contribution in [0.15, 0.2) is 30.3 Å². The molecule has 1 rings (SSSR count). The summed E-state index contributed by atoms with van der Waals surface area (Å²) in [6, 6.07) is 7.20. The van der Waals surface area contributed by atoms with Gasteiger partial charge in [0.15, 0.2) is 0 Å². The first-order valence-corrected chi connectivity index (χ1v) is 6.96. The van der Waals surface area contributed by atoms with E-state index in [-0.39, 0.29) is 18.4 Å². The maximum atomic E-state index is 12.3. The Kier molecular flexibility index (Phi) is 6.68. The zero-order valence-corrected chi connectivity index (χ0v) is 12.4. The highest BCUT2D eigenvalue weighted by atomic mass is 16.3. The molecule has 3 amide bonds. The lowest BCUT2D eigenvalue weighted by molar-refractivity contribution is -0.124. The molecule has 0 fully saturated rings. The molecule has 0 radical (unpaired) electrons. The Morgan fingerprint density at radius 2 is 1.81 bits per heavy atom. The van der Waals surface area contributed by atoms with Gasteiger partial charge in [0.2, 0.25) is 5.91 Å². The predicted molar refractivity (Wildman–Crippen MR) is 80.4 cm³/mol. The zero-order chi connectivity index (χ0) is 15.8. The van der Waals surface area contributed by atoms with Crippen LogP contribution in [0, 0.1) is 5.92 Å². The molecule has 0 aliphatic heterocycles. The summed E-state index contributed by atoms with van der Waals surface area (Å²) in [7, 11) is 0. The molecule has 0 aliphatic rings. The summed E-state index contributed by atoms with van der Waals surface area (Å²) in [6.07, 6.45) is 0.474. The van der Waals surface area contributed by atoms with Crippen LogP contribution < -0.4 is 16.4 Å². The summed E-state index contributed by atoms with van der Waals surface area (Å²) in [4.78, 5) is 23.3. The SMILES string of the molecule is CC(C)CC(NC(N)=O)C(=O)N[C@H](CO)c1ccccc1. The Labute approximate surface area is 124 Å². The van der Waals surface area contributed by atoms with Crippen LogP contribution in [-0.2, 0) is 4.79 Å². The van der Waals surface area contributed by atoms with E-state index in [1.165, 1.54) is 0 Å². The lowest BCUT2D eigenvalue weighted by Gasteiger charge is -2.23. The fraction of sp³-hybridized carbons (Fsp3) is 0.467. The number of nitrogens with two attached hydrogens (primary N) is 1. The monoisotopic (exact) mass is 293 g/mol. The predicted octanol–water partition coefficient (Wildman–Crippen LogP) is 0.919. The van der Waals surface area contributed by atoms with Crippen molar-refractivity contribution in [3.05, 3.63) is 35.9 Å². The zero-order valence-electron chi connectivity index (χ0n) is 12.4. The van der Waals surface area contributed by atoms with Gasteiger partial charge in [-0.3, -0.25) is 4.79 Å². The maximum Gasteiger partial charge on any atom is 0.312 e. The molecule has 5 N–H and O–H groups in total. The van der Waals surface area contributed by atoms with E-state index >= 15 is 0 Å². The number of aliphatic hydroxyl groups excluding tert-OH is 1. The second-order valence-corrected chi connectivity index (χ2v) is 5.35. The van der Waals surface area contributed by atoms with E-state index in [4.69, 9.17) is 5.73 Å². The van der Waals surface area contributed by atoms with Crippen molar-refractivity contribution in [2.24, 2.45) is 11.7 Å². The molecule has 1 unspecified atom stereocenters. The van der Waals surface area contributed by atoms with Crippen LogP contribution >= 0.6 is 0 Å². The van der Waals surface area contributed by atoms with Crippen LogP contribution in [0.1, 0.15) is 31.9 Å². The minimum atomic E-state index is -0.740. The molecule has 1 aromatic rings. The van der Waals surface area contributed by atoms with Crippen LogP contribution in [-0.4, -0.2) is 29.7 Å². The molecule has 0 spiro atoms. The summed E-state index contributed by atoms with van der Waals surface area (Å²) in [5.41, 5.74) is 5.90. The molecule has 1 aromatic carbocycles. The molecule has 21 heavy (non-hydrogen) atoms. The number of nitrogens with one attached hydrogen (secondary N) is 2. The molecular weight excluding hydrogens is 270 g/mol. The number of rotatable bonds is 7. The molecule has 0 aromatic heterocycles. The minimum Gasteiger partial charge on any atom is -0.394 e. The van der Waals surface area contributed by atoms with Gasteiger partial charge in [-0.05, 0) is 17.9 Å². The van der Waals surface area contributed by atoms with E-state index in [0.29, 0.717) is 6.42 Å². The molecule has 0 heterocycles. The van der Waals surface area contributed by atoms with Crippen LogP contribution in [0.4, 0.5) is 4.79 Å². The Morgan fingerprint density at radius 3 is 2.29 bits per heavy atom. The Balaban J connectivity index is 2.76. The normalized spacial score (nSPS) is 13.5. The van der Waals surface area contributed by atoms with Gasteiger partial charge >= 0.3 is 6.03 Å². The standard InChI is InChI=1S/C15H23N3O3/c1-10(2)8-12(18-15(16)21)14(20)17-13(9-19)11-6-4-3-5-7-11/h3-7,10,12-13,19H,8-9H2,1-2H3,(H,17,20)(H3,16,18,21)/t12?,13-/m1/s1. The van der Waals surface area contributed by atoms with Crippen molar-refractivity contribution in [3.8, 4) is 0 Å². The van der Waals surface area contributed by atoms with Crippen molar-refractivity contribution in [2.45, 2.75) is 32.4 Å². The number of hydrogen-bond acceptors (Lipinski definition) is 3. The molecule has 116 valence electrons. The third-order valence-corrected chi connectivity index (χ3v) is 3.04. The minimum absolute atomic E-state index is 0.219. The first kappa shape index (κ1) is 17.0. The number of primary amides is 1. The van der Waals surface area contributed by atoms with Crippen molar-refractivity contribution < 1.29 is 14.7 Å². The number of carbonyl (C=O) groups is 2. The van der Waals surface area contributed by atoms with Gasteiger partial charge in [0.1, 0.15) is 6.04 Å². The van der Waals surface area contributed by atoms with E-state index < -0.39 is 18.1 Å². The number of aliphatic hydroxyl groups is 1. The summed E-state index contributed by atoms with van der Waals surface area (Å²) < 4.78 is 0. The van der Waals surface area contributed by atoms with Gasteiger partial charge in [-0.1, -0.05) is 44.2 Å². The van der Waals surface area contributed by atoms with Crippen LogP contribution in [0.2, 0.25) is 0 Å². The smallest absolute Gasteiger partial charge is 0.312 e. The topological polar surface area (TPSA) is 104 Å². The van der Waals surface area contributed by atoms with Gasteiger partial charge in [0.25, 0.3) is 0 Å². The third-order valence-electron chi connectivity index (χ3n) is 3.04. The van der Waals surface area contributed by atoms with E-state index in [1.54, 1.807) is 0 Å². The van der Waals surface area contributed by atoms with Gasteiger partial charge < -0.3 is 21.5 Å². The number of urea groups is 1. The maximum absolute atomic E-state index is 12.3. The molecule has 6 heteroatoms. The molecular formula is C15H23N3O3. The Hall–Kier alpha value is -2.08. The number of hydrogen-bond donors (Lipinski definition) is 4. The van der Waals surface area contributed by atoms with Crippen molar-refractivity contribution in [3.63, 3.8) is 0 Å². The Morgan fingerprint density at radius 1 is 1.19 bits per heavy atom. The summed E-state index contributed by atoms with van der Waals surface area (Å²) in [5, 5.41) is 14.6. The van der Waals surface area contributed by atoms with Gasteiger partial charge in [0.05, 0.1) is 12.6 Å². The van der Waals surface area contributed by atoms with Crippen molar-refractivity contribution in [1.82, 2.24) is 10.6 Å². The number of carbonyl (C=O) groups excluding carboxylic acids is 2. The van der Waals surface area contributed by atoms with Crippen molar-refractivity contribution >= 4 is 11.9 Å². The largest absolute Gasteiger partial charge is 0.394 e. The third kappa shape index (κ3) is 5.83. The highest BCUT2D eigenvalue weighted by Crippen LogP contribution is 2.13. The van der Waals surface area contributed by atoms with E-state index in [9.17, 15) is 14.7 Å². The molecule has 0 saturated carbocycles. The van der Waals surface area contributed by atoms with E-state index in [1.807, 2.05) is 44.2 Å². The molecule has 2 atom stereocenters. The van der Waals surface area contributed by atoms with Gasteiger partial charge in [-0.2, -0.15) is 0 Å². The van der Waals surface area contributed by atoms with Crippen LogP contribution in [0.25, 0.3) is 0 Å². The first-order valence-electron chi connectivity index (χ1n) is 6.96. The Bertz CT molecular complexity index is 462. The van der Waals surface area contributed by atoms with Crippen molar-refractivity contribution in [1.29, 1.82) is 0 Å². The molecule has 0 bridgehead atoms. The highest BCUT2D eigenvalue weighted by Gasteiger charge is 2.23. The van der Waals surface area contributed by atoms with Gasteiger partial charge in [0, 0.05) is 0 Å². The van der Waals surface area contributed by atoms with Gasteiger partial charge in [-0.25, -0.2) is 4.79 Å². The highest BCUT2D eigenvalue weighted by molar-refractivity contribution is 5.86. The average molecular weight is 293 g/mol. The van der Waals surface area contributed by atoms with E-state index in [2.05, 4.69) is 10.6 Å². The molecule has 0 saturated heterocycles. The number of benzene rings is 1. The number of amides is 3. The van der Waals surface area contributed by atoms with Crippen LogP contribution in [0.3, 0.4) is 0 Å². The van der Waals surface area contributed by atoms with Crippen LogP contribution in [0.5, 0.6) is 0 Å². The van der Waals surface area contributed by atoms with E-state index in [0.717, 1.165) is 5.56 Å². The summed E-state index contributed by atoms with van der Waals surface area (Å²) >= 11 is 0. The molecule has 6 nitrogen and oxygen atoms in total. The summed E-state index contributed by atoms with van der Waals surface area (Å²) in [5.74, 6) is -0.137. The second kappa shape index (κ2) is 8.26. The fourth-order valence-electron chi connectivity index (χ4n) is 2.07. The quantitative estimate of drug-likeness (QED) is 0.601. The molecule has 0 aliphatic carbocycles. The average Bonchev–Trinajstić information content (AvgIpc) is 2.43. The first-order chi connectivity index (χ1) is 9.93. The van der Waals surface area contributed by atoms with Crippen molar-refractivity contribution in [2.75, 3.05) is 6.61 Å².